The summed E-state index contributed by atoms with van der Waals surface area (Å²) in [5, 5.41) is 0. The number of carbonyl (C=O) groups excluding carboxylic acids is 3. The number of hydrogen-bond donors (Lipinski definition) is 0. The van der Waals surface area contributed by atoms with Crippen LogP contribution in [0.4, 0.5) is 0 Å². The second kappa shape index (κ2) is 6.00. The Kier molecular flexibility index (Phi) is 4.64. The van der Waals surface area contributed by atoms with Gasteiger partial charge in [-0.15, -0.1) is 0 Å². The van der Waals surface area contributed by atoms with Crippen LogP contribution in [0, 0.1) is 0 Å². The monoisotopic (exact) mass is 222 g/mol. The van der Waals surface area contributed by atoms with E-state index in [2.05, 4.69) is 0 Å². The first kappa shape index (κ1) is 12.4. The maximum absolute atomic E-state index is 11.3. The molecule has 0 spiro atoms. The van der Waals surface area contributed by atoms with Crippen LogP contribution in [-0.2, 0) is 19.1 Å². The van der Waals surface area contributed by atoms with Gasteiger partial charge < -0.3 is 9.53 Å². The largest absolute Gasteiger partial charge is 0.423 e. The number of cyclic esters (lactones) is 1. The van der Waals surface area contributed by atoms with Crippen molar-refractivity contribution in [3.05, 3.63) is 23.0 Å². The van der Waals surface area contributed by atoms with Gasteiger partial charge >= 0.3 is 5.97 Å². The van der Waals surface area contributed by atoms with Gasteiger partial charge in [0.25, 0.3) is 0 Å². The Hall–Kier alpha value is -1.71. The number of unbranched alkanes of at least 4 members (excludes halogenated alkanes) is 1. The van der Waals surface area contributed by atoms with Gasteiger partial charge in [0.1, 0.15) is 17.6 Å². The van der Waals surface area contributed by atoms with Gasteiger partial charge in [-0.25, -0.2) is 4.79 Å². The Bertz CT molecular complexity index is 363. The highest BCUT2D eigenvalue weighted by Crippen LogP contribution is 2.29. The van der Waals surface area contributed by atoms with E-state index in [1.54, 1.807) is 6.08 Å². The van der Waals surface area contributed by atoms with Crippen molar-refractivity contribution in [2.45, 2.75) is 32.6 Å². The molecule has 0 fully saturated rings. The lowest BCUT2D eigenvalue weighted by Gasteiger charge is -2.01. The molecule has 0 bridgehead atoms. The number of ether oxygens (including phenoxy) is 1. The van der Waals surface area contributed by atoms with Crippen molar-refractivity contribution >= 4 is 18.5 Å². The van der Waals surface area contributed by atoms with Crippen LogP contribution in [0.1, 0.15) is 32.6 Å². The SMILES string of the molecule is CCC/C=C1\OC(=O)C(C=O)=C1CCC=O. The number of hydrogen-bond acceptors (Lipinski definition) is 4. The molecule has 1 rings (SSSR count). The minimum absolute atomic E-state index is 0.0456. The molecule has 4 nitrogen and oxygen atoms in total. The summed E-state index contributed by atoms with van der Waals surface area (Å²) >= 11 is 0. The second-order valence-electron chi connectivity index (χ2n) is 3.46. The van der Waals surface area contributed by atoms with Crippen molar-refractivity contribution < 1.29 is 19.1 Å². The average molecular weight is 222 g/mol. The van der Waals surface area contributed by atoms with Crippen molar-refractivity contribution in [2.75, 3.05) is 0 Å². The Morgan fingerprint density at radius 2 is 2.00 bits per heavy atom. The first-order valence-electron chi connectivity index (χ1n) is 5.29. The van der Waals surface area contributed by atoms with Gasteiger partial charge in [-0.1, -0.05) is 13.3 Å². The molecule has 0 radical (unpaired) electrons. The van der Waals surface area contributed by atoms with Crippen LogP contribution in [0.25, 0.3) is 0 Å². The van der Waals surface area contributed by atoms with Crippen LogP contribution >= 0.6 is 0 Å². The summed E-state index contributed by atoms with van der Waals surface area (Å²) < 4.78 is 4.98. The van der Waals surface area contributed by atoms with Gasteiger partial charge in [0, 0.05) is 12.0 Å². The molecule has 16 heavy (non-hydrogen) atoms. The molecule has 0 saturated carbocycles. The summed E-state index contributed by atoms with van der Waals surface area (Å²) in [6.45, 7) is 2.00. The van der Waals surface area contributed by atoms with Crippen LogP contribution in [0.15, 0.2) is 23.0 Å². The maximum atomic E-state index is 11.3. The van der Waals surface area contributed by atoms with Gasteiger partial charge in [0.15, 0.2) is 6.29 Å². The summed E-state index contributed by atoms with van der Waals surface area (Å²) in [6, 6.07) is 0. The van der Waals surface area contributed by atoms with E-state index in [1.165, 1.54) is 0 Å². The van der Waals surface area contributed by atoms with E-state index in [0.29, 0.717) is 24.0 Å². The van der Waals surface area contributed by atoms with E-state index < -0.39 is 5.97 Å². The molecule has 1 aliphatic heterocycles. The Morgan fingerprint density at radius 3 is 2.56 bits per heavy atom. The molecule has 0 N–H and O–H groups in total. The van der Waals surface area contributed by atoms with Crippen LogP contribution in [-0.4, -0.2) is 18.5 Å². The van der Waals surface area contributed by atoms with Crippen LogP contribution in [0.3, 0.4) is 0 Å². The highest BCUT2D eigenvalue weighted by molar-refractivity contribution is 6.11. The number of carbonyl (C=O) groups is 3. The Balaban J connectivity index is 2.95. The molecule has 0 aromatic rings. The first-order chi connectivity index (χ1) is 7.74. The lowest BCUT2D eigenvalue weighted by Crippen LogP contribution is -1.99. The zero-order valence-corrected chi connectivity index (χ0v) is 9.19. The fraction of sp³-hybridized carbons (Fsp3) is 0.417. The van der Waals surface area contributed by atoms with E-state index in [4.69, 9.17) is 4.74 Å². The van der Waals surface area contributed by atoms with Crippen molar-refractivity contribution in [1.82, 2.24) is 0 Å². The van der Waals surface area contributed by atoms with Crippen LogP contribution in [0.2, 0.25) is 0 Å². The topological polar surface area (TPSA) is 60.4 Å². The van der Waals surface area contributed by atoms with Gasteiger partial charge in [0.05, 0.1) is 0 Å². The molecule has 0 atom stereocenters. The fourth-order valence-corrected chi connectivity index (χ4v) is 1.49. The zero-order chi connectivity index (χ0) is 12.0. The van der Waals surface area contributed by atoms with Crippen LogP contribution < -0.4 is 0 Å². The minimum atomic E-state index is -0.613. The zero-order valence-electron chi connectivity index (χ0n) is 9.19. The van der Waals surface area contributed by atoms with E-state index in [-0.39, 0.29) is 12.0 Å². The summed E-state index contributed by atoms with van der Waals surface area (Å²) in [7, 11) is 0. The van der Waals surface area contributed by atoms with Gasteiger partial charge in [-0.05, 0) is 18.9 Å². The van der Waals surface area contributed by atoms with E-state index >= 15 is 0 Å². The fourth-order valence-electron chi connectivity index (χ4n) is 1.49. The molecule has 0 saturated heterocycles. The molecule has 86 valence electrons. The van der Waals surface area contributed by atoms with Crippen LogP contribution in [0.5, 0.6) is 0 Å². The molecule has 1 heterocycles. The predicted molar refractivity (Wildman–Crippen MR) is 57.5 cm³/mol. The first-order valence-corrected chi connectivity index (χ1v) is 5.29. The lowest BCUT2D eigenvalue weighted by atomic mass is 10.0. The van der Waals surface area contributed by atoms with E-state index in [1.807, 2.05) is 6.92 Å². The highest BCUT2D eigenvalue weighted by atomic mass is 16.5. The summed E-state index contributed by atoms with van der Waals surface area (Å²) in [5.74, 6) is -0.172. The normalized spacial score (nSPS) is 17.8. The average Bonchev–Trinajstić information content (AvgIpc) is 2.59. The maximum Gasteiger partial charge on any atom is 0.347 e. The molecular formula is C12H14O4. The molecule has 0 aromatic heterocycles. The van der Waals surface area contributed by atoms with Gasteiger partial charge in [-0.3, -0.25) is 4.79 Å². The van der Waals surface area contributed by atoms with Crippen molar-refractivity contribution in [2.24, 2.45) is 0 Å². The number of aldehydes is 2. The number of allylic oxidation sites excluding steroid dienone is 2. The van der Waals surface area contributed by atoms with Crippen molar-refractivity contribution in [1.29, 1.82) is 0 Å². The predicted octanol–water partition coefficient (Wildman–Crippen LogP) is 1.70. The quantitative estimate of drug-likeness (QED) is 0.390. The van der Waals surface area contributed by atoms with E-state index in [9.17, 15) is 14.4 Å². The molecule has 0 amide bonds. The number of esters is 1. The van der Waals surface area contributed by atoms with Crippen molar-refractivity contribution in [3.8, 4) is 0 Å². The standard InChI is InChI=1S/C12H14O4/c1-2-3-6-11-9(5-4-7-13)10(8-14)12(15)16-11/h6-8H,2-5H2,1H3/b11-6-. The Labute approximate surface area is 94.0 Å². The summed E-state index contributed by atoms with van der Waals surface area (Å²) in [6.07, 6.45) is 5.41. The molecule has 0 aliphatic carbocycles. The highest BCUT2D eigenvalue weighted by Gasteiger charge is 2.28. The molecule has 4 heteroatoms. The summed E-state index contributed by atoms with van der Waals surface area (Å²) in [5.41, 5.74) is 0.602. The second-order valence-corrected chi connectivity index (χ2v) is 3.46. The third-order valence-corrected chi connectivity index (χ3v) is 2.29. The molecule has 0 aromatic carbocycles. The lowest BCUT2D eigenvalue weighted by molar-refractivity contribution is -0.133. The smallest absolute Gasteiger partial charge is 0.347 e. The van der Waals surface area contributed by atoms with Gasteiger partial charge in [-0.2, -0.15) is 0 Å². The molecule has 0 unspecified atom stereocenters. The van der Waals surface area contributed by atoms with Gasteiger partial charge in [0.2, 0.25) is 0 Å². The Morgan fingerprint density at radius 1 is 1.25 bits per heavy atom. The molecular weight excluding hydrogens is 208 g/mol. The summed E-state index contributed by atoms with van der Waals surface area (Å²) in [4.78, 5) is 32.4. The number of rotatable bonds is 6. The third kappa shape index (κ3) is 2.66. The van der Waals surface area contributed by atoms with E-state index in [0.717, 1.165) is 19.1 Å². The molecule has 1 aliphatic rings. The third-order valence-electron chi connectivity index (χ3n) is 2.29. The minimum Gasteiger partial charge on any atom is -0.423 e. The van der Waals surface area contributed by atoms with Crippen molar-refractivity contribution in [3.63, 3.8) is 0 Å².